The fourth-order valence-electron chi connectivity index (χ4n) is 3.42. The van der Waals surface area contributed by atoms with Gasteiger partial charge in [-0.3, -0.25) is 9.78 Å². The van der Waals surface area contributed by atoms with Crippen molar-refractivity contribution in [2.45, 2.75) is 44.2 Å². The molecule has 120 valence electrons. The predicted octanol–water partition coefficient (Wildman–Crippen LogP) is 1.31. The van der Waals surface area contributed by atoms with E-state index in [2.05, 4.69) is 10.3 Å². The van der Waals surface area contributed by atoms with Gasteiger partial charge < -0.3 is 15.2 Å². The Labute approximate surface area is 131 Å². The lowest BCUT2D eigenvalue weighted by Gasteiger charge is -2.27. The van der Waals surface area contributed by atoms with Crippen molar-refractivity contribution in [2.24, 2.45) is 11.8 Å². The van der Waals surface area contributed by atoms with Crippen LogP contribution in [0.25, 0.3) is 0 Å². The molecule has 5 nitrogen and oxygen atoms in total. The summed E-state index contributed by atoms with van der Waals surface area (Å²) in [5, 5.41) is 12.7. The number of hydrogen-bond donors (Lipinski definition) is 2. The van der Waals surface area contributed by atoms with Crippen molar-refractivity contribution in [1.29, 1.82) is 0 Å². The van der Waals surface area contributed by atoms with E-state index in [0.717, 1.165) is 32.1 Å². The molecular formula is C17H24N2O3. The number of rotatable bonds is 4. The molecule has 0 bridgehead atoms. The smallest absolute Gasteiger partial charge is 0.223 e. The standard InChI is InChI=1S/C17H24N2O3/c20-15-3-1-13(2-4-15)17(21)19-16-11-22-10-14(16)9-12-5-7-18-8-6-12/h5-8,13-16,20H,1-4,9-11H2,(H,19,21)/t13?,14-,15?,16+/m1/s1. The minimum Gasteiger partial charge on any atom is -0.393 e. The number of aliphatic hydroxyl groups excluding tert-OH is 1. The van der Waals surface area contributed by atoms with Gasteiger partial charge in [0, 0.05) is 24.2 Å². The van der Waals surface area contributed by atoms with Crippen molar-refractivity contribution in [3.05, 3.63) is 30.1 Å². The van der Waals surface area contributed by atoms with E-state index in [0.29, 0.717) is 19.1 Å². The molecule has 1 aliphatic carbocycles. The number of carbonyl (C=O) groups is 1. The summed E-state index contributed by atoms with van der Waals surface area (Å²) in [5.74, 6) is 0.494. The lowest BCUT2D eigenvalue weighted by atomic mass is 9.86. The van der Waals surface area contributed by atoms with E-state index in [4.69, 9.17) is 4.74 Å². The van der Waals surface area contributed by atoms with Gasteiger partial charge in [0.25, 0.3) is 0 Å². The summed E-state index contributed by atoms with van der Waals surface area (Å²) in [5.41, 5.74) is 1.23. The second-order valence-electron chi connectivity index (χ2n) is 6.48. The van der Waals surface area contributed by atoms with Crippen LogP contribution in [-0.4, -0.2) is 41.4 Å². The molecule has 5 heteroatoms. The zero-order valence-electron chi connectivity index (χ0n) is 12.8. The minimum atomic E-state index is -0.224. The zero-order chi connectivity index (χ0) is 15.4. The molecule has 0 spiro atoms. The van der Waals surface area contributed by atoms with Crippen LogP contribution in [-0.2, 0) is 16.0 Å². The normalized spacial score (nSPS) is 31.9. The number of aromatic nitrogens is 1. The van der Waals surface area contributed by atoms with Crippen molar-refractivity contribution in [2.75, 3.05) is 13.2 Å². The molecule has 0 radical (unpaired) electrons. The summed E-state index contributed by atoms with van der Waals surface area (Å²) < 4.78 is 5.58. The molecule has 1 amide bonds. The van der Waals surface area contributed by atoms with Gasteiger partial charge in [0.05, 0.1) is 25.4 Å². The molecule has 0 unspecified atom stereocenters. The number of nitrogens with zero attached hydrogens (tertiary/aromatic N) is 1. The van der Waals surface area contributed by atoms with Crippen molar-refractivity contribution in [1.82, 2.24) is 10.3 Å². The highest BCUT2D eigenvalue weighted by Gasteiger charge is 2.32. The van der Waals surface area contributed by atoms with E-state index in [1.807, 2.05) is 12.1 Å². The number of hydrogen-bond acceptors (Lipinski definition) is 4. The van der Waals surface area contributed by atoms with E-state index in [9.17, 15) is 9.90 Å². The molecule has 2 aliphatic rings. The van der Waals surface area contributed by atoms with Crippen LogP contribution in [0.3, 0.4) is 0 Å². The van der Waals surface area contributed by atoms with Crippen LogP contribution in [0.5, 0.6) is 0 Å². The number of ether oxygens (including phenoxy) is 1. The van der Waals surface area contributed by atoms with E-state index in [-0.39, 0.29) is 24.0 Å². The highest BCUT2D eigenvalue weighted by atomic mass is 16.5. The molecule has 2 N–H and O–H groups in total. The first kappa shape index (κ1) is 15.4. The lowest BCUT2D eigenvalue weighted by molar-refractivity contribution is -0.127. The van der Waals surface area contributed by atoms with E-state index < -0.39 is 0 Å². The molecule has 3 rings (SSSR count). The fraction of sp³-hybridized carbons (Fsp3) is 0.647. The van der Waals surface area contributed by atoms with Crippen molar-refractivity contribution in [3.63, 3.8) is 0 Å². The number of nitrogens with one attached hydrogen (secondary N) is 1. The molecule has 2 atom stereocenters. The maximum absolute atomic E-state index is 12.4. The fourth-order valence-corrected chi connectivity index (χ4v) is 3.42. The Morgan fingerprint density at radius 3 is 2.68 bits per heavy atom. The van der Waals surface area contributed by atoms with Crippen LogP contribution < -0.4 is 5.32 Å². The third-order valence-electron chi connectivity index (χ3n) is 4.84. The molecular weight excluding hydrogens is 280 g/mol. The monoisotopic (exact) mass is 304 g/mol. The minimum absolute atomic E-state index is 0.0468. The summed E-state index contributed by atoms with van der Waals surface area (Å²) in [6.07, 6.45) is 7.32. The molecule has 1 saturated carbocycles. The molecule has 1 aromatic rings. The van der Waals surface area contributed by atoms with Crippen LogP contribution in [0.15, 0.2) is 24.5 Å². The maximum Gasteiger partial charge on any atom is 0.223 e. The molecule has 2 heterocycles. The molecule has 1 saturated heterocycles. The van der Waals surface area contributed by atoms with Crippen molar-refractivity contribution in [3.8, 4) is 0 Å². The Morgan fingerprint density at radius 1 is 1.23 bits per heavy atom. The lowest BCUT2D eigenvalue weighted by Crippen LogP contribution is -2.44. The van der Waals surface area contributed by atoms with Gasteiger partial charge in [-0.05, 0) is 49.8 Å². The number of aliphatic hydroxyl groups is 1. The summed E-state index contributed by atoms with van der Waals surface area (Å²) in [6.45, 7) is 1.29. The number of amides is 1. The first-order valence-electron chi connectivity index (χ1n) is 8.17. The third kappa shape index (κ3) is 3.84. The first-order chi connectivity index (χ1) is 10.7. The van der Waals surface area contributed by atoms with Crippen LogP contribution in [0.1, 0.15) is 31.2 Å². The number of carbonyl (C=O) groups excluding carboxylic acids is 1. The number of pyridine rings is 1. The second kappa shape index (κ2) is 7.20. The first-order valence-corrected chi connectivity index (χ1v) is 8.17. The Bertz CT molecular complexity index is 486. The highest BCUT2D eigenvalue weighted by Crippen LogP contribution is 2.25. The van der Waals surface area contributed by atoms with Crippen LogP contribution in [0, 0.1) is 11.8 Å². The van der Waals surface area contributed by atoms with Crippen LogP contribution >= 0.6 is 0 Å². The van der Waals surface area contributed by atoms with Crippen molar-refractivity contribution >= 4 is 5.91 Å². The van der Waals surface area contributed by atoms with Crippen LogP contribution in [0.4, 0.5) is 0 Å². The van der Waals surface area contributed by atoms with Gasteiger partial charge in [-0.15, -0.1) is 0 Å². The van der Waals surface area contributed by atoms with E-state index in [1.165, 1.54) is 5.56 Å². The van der Waals surface area contributed by atoms with Gasteiger partial charge >= 0.3 is 0 Å². The zero-order valence-corrected chi connectivity index (χ0v) is 12.8. The summed E-state index contributed by atoms with van der Waals surface area (Å²) in [6, 6.07) is 4.12. The Hall–Kier alpha value is -1.46. The molecule has 1 aromatic heterocycles. The topological polar surface area (TPSA) is 71.5 Å². The maximum atomic E-state index is 12.4. The van der Waals surface area contributed by atoms with E-state index >= 15 is 0 Å². The average Bonchev–Trinajstić information content (AvgIpc) is 2.96. The SMILES string of the molecule is O=C(N[C@H]1COC[C@H]1Cc1ccncc1)C1CCC(O)CC1. The largest absolute Gasteiger partial charge is 0.393 e. The van der Waals surface area contributed by atoms with Gasteiger partial charge in [0.2, 0.25) is 5.91 Å². The third-order valence-corrected chi connectivity index (χ3v) is 4.84. The van der Waals surface area contributed by atoms with Gasteiger partial charge in [0.1, 0.15) is 0 Å². The molecule has 2 fully saturated rings. The quantitative estimate of drug-likeness (QED) is 0.880. The van der Waals surface area contributed by atoms with Crippen LogP contribution in [0.2, 0.25) is 0 Å². The second-order valence-corrected chi connectivity index (χ2v) is 6.48. The summed E-state index contributed by atoms with van der Waals surface area (Å²) in [4.78, 5) is 16.4. The van der Waals surface area contributed by atoms with Gasteiger partial charge in [-0.2, -0.15) is 0 Å². The Balaban J connectivity index is 1.53. The Kier molecular flexibility index (Phi) is 5.05. The van der Waals surface area contributed by atoms with Gasteiger partial charge in [-0.1, -0.05) is 0 Å². The summed E-state index contributed by atoms with van der Waals surface area (Å²) in [7, 11) is 0. The molecule has 1 aliphatic heterocycles. The molecule has 22 heavy (non-hydrogen) atoms. The average molecular weight is 304 g/mol. The van der Waals surface area contributed by atoms with E-state index in [1.54, 1.807) is 12.4 Å². The highest BCUT2D eigenvalue weighted by molar-refractivity contribution is 5.79. The Morgan fingerprint density at radius 2 is 1.95 bits per heavy atom. The predicted molar refractivity (Wildman–Crippen MR) is 82.1 cm³/mol. The molecule has 0 aromatic carbocycles. The van der Waals surface area contributed by atoms with Gasteiger partial charge in [-0.25, -0.2) is 0 Å². The summed E-state index contributed by atoms with van der Waals surface area (Å²) >= 11 is 0. The van der Waals surface area contributed by atoms with Gasteiger partial charge in [0.15, 0.2) is 0 Å². The van der Waals surface area contributed by atoms with Crippen molar-refractivity contribution < 1.29 is 14.6 Å².